The topological polar surface area (TPSA) is 67.1 Å². The normalized spacial score (nSPS) is 18.5. The number of thiophene rings is 1. The van der Waals surface area contributed by atoms with E-state index in [0.29, 0.717) is 12.0 Å². The van der Waals surface area contributed by atoms with Crippen LogP contribution in [-0.2, 0) is 6.54 Å². The monoisotopic (exact) mass is 383 g/mol. The first-order valence-electron chi connectivity index (χ1n) is 9.83. The summed E-state index contributed by atoms with van der Waals surface area (Å²) in [5.41, 5.74) is 2.35. The summed E-state index contributed by atoms with van der Waals surface area (Å²) in [7, 11) is 0. The van der Waals surface area contributed by atoms with Gasteiger partial charge in [-0.3, -0.25) is 0 Å². The fourth-order valence-electron chi connectivity index (χ4n) is 3.92. The van der Waals surface area contributed by atoms with Crippen molar-refractivity contribution >= 4 is 27.4 Å². The average molecular weight is 384 g/mol. The molecular formula is C20H25N5OS. The van der Waals surface area contributed by atoms with Gasteiger partial charge in [0.25, 0.3) is 0 Å². The Morgan fingerprint density at radius 2 is 2.00 bits per heavy atom. The maximum Gasteiger partial charge on any atom is 0.141 e. The smallest absolute Gasteiger partial charge is 0.141 e. The largest absolute Gasteiger partial charge is 0.361 e. The van der Waals surface area contributed by atoms with Crippen LogP contribution in [0.25, 0.3) is 10.2 Å². The standard InChI is InChI=1S/C20H25N5OS/c1-12-13(2)27-20-18(12)19(22-11-23-20)25-7-5-15(6-8-25)21-10-16-9-17(26-24-16)14-3-4-14/h9,11,14-15,21H,3-8,10H2,1-2H3. The van der Waals surface area contributed by atoms with Crippen molar-refractivity contribution in [3.8, 4) is 0 Å². The molecule has 1 saturated heterocycles. The third-order valence-electron chi connectivity index (χ3n) is 5.87. The Bertz CT molecular complexity index is 953. The Balaban J connectivity index is 1.21. The number of hydrogen-bond donors (Lipinski definition) is 1. The van der Waals surface area contributed by atoms with E-state index >= 15 is 0 Å². The molecule has 0 unspecified atom stereocenters. The van der Waals surface area contributed by atoms with Gasteiger partial charge < -0.3 is 14.7 Å². The van der Waals surface area contributed by atoms with Gasteiger partial charge in [-0.05, 0) is 45.1 Å². The molecule has 1 aliphatic carbocycles. The number of anilines is 1. The number of piperidine rings is 1. The van der Waals surface area contributed by atoms with Crippen LogP contribution in [0, 0.1) is 13.8 Å². The molecule has 0 bridgehead atoms. The fraction of sp³-hybridized carbons (Fsp3) is 0.550. The van der Waals surface area contributed by atoms with Crippen molar-refractivity contribution in [2.75, 3.05) is 18.0 Å². The van der Waals surface area contributed by atoms with Gasteiger partial charge in [-0.25, -0.2) is 9.97 Å². The number of fused-ring (bicyclic) bond motifs is 1. The first kappa shape index (κ1) is 17.1. The molecule has 27 heavy (non-hydrogen) atoms. The van der Waals surface area contributed by atoms with Gasteiger partial charge in [-0.2, -0.15) is 0 Å². The summed E-state index contributed by atoms with van der Waals surface area (Å²) >= 11 is 1.77. The molecule has 3 aromatic rings. The molecule has 0 aromatic carbocycles. The molecule has 0 spiro atoms. The van der Waals surface area contributed by atoms with E-state index in [9.17, 15) is 0 Å². The van der Waals surface area contributed by atoms with Gasteiger partial charge in [0.05, 0.1) is 11.1 Å². The lowest BCUT2D eigenvalue weighted by Crippen LogP contribution is -2.42. The first-order valence-corrected chi connectivity index (χ1v) is 10.6. The van der Waals surface area contributed by atoms with Crippen molar-refractivity contribution in [1.29, 1.82) is 0 Å². The van der Waals surface area contributed by atoms with Crippen LogP contribution in [0.5, 0.6) is 0 Å². The van der Waals surface area contributed by atoms with Crippen LogP contribution in [0.2, 0.25) is 0 Å². The van der Waals surface area contributed by atoms with Crippen molar-refractivity contribution in [3.63, 3.8) is 0 Å². The second-order valence-electron chi connectivity index (χ2n) is 7.80. The van der Waals surface area contributed by atoms with Gasteiger partial charge in [0.2, 0.25) is 0 Å². The summed E-state index contributed by atoms with van der Waals surface area (Å²) in [5.74, 6) is 2.80. The predicted molar refractivity (Wildman–Crippen MR) is 107 cm³/mol. The second kappa shape index (κ2) is 6.87. The van der Waals surface area contributed by atoms with Gasteiger partial charge in [-0.1, -0.05) is 5.16 Å². The number of rotatable bonds is 5. The molecule has 4 heterocycles. The van der Waals surface area contributed by atoms with Gasteiger partial charge >= 0.3 is 0 Å². The summed E-state index contributed by atoms with van der Waals surface area (Å²) in [6, 6.07) is 2.64. The summed E-state index contributed by atoms with van der Waals surface area (Å²) in [5, 5.41) is 9.10. The highest BCUT2D eigenvalue weighted by Crippen LogP contribution is 2.40. The molecule has 7 heteroatoms. The minimum absolute atomic E-state index is 0.518. The number of nitrogens with zero attached hydrogens (tertiary/aromatic N) is 4. The van der Waals surface area contributed by atoms with Crippen molar-refractivity contribution in [2.45, 2.75) is 58.0 Å². The van der Waals surface area contributed by atoms with Crippen LogP contribution in [0.3, 0.4) is 0 Å². The SMILES string of the molecule is Cc1sc2ncnc(N3CCC(NCc4cc(C5CC5)on4)CC3)c2c1C. The number of hydrogen-bond acceptors (Lipinski definition) is 7. The van der Waals surface area contributed by atoms with Crippen LogP contribution in [0.15, 0.2) is 16.9 Å². The molecule has 5 rings (SSSR count). The second-order valence-corrected chi connectivity index (χ2v) is 9.00. The third kappa shape index (κ3) is 3.34. The lowest BCUT2D eigenvalue weighted by molar-refractivity contribution is 0.367. The van der Waals surface area contributed by atoms with E-state index < -0.39 is 0 Å². The van der Waals surface area contributed by atoms with E-state index in [4.69, 9.17) is 4.52 Å². The molecule has 6 nitrogen and oxygen atoms in total. The van der Waals surface area contributed by atoms with Crippen LogP contribution in [0.4, 0.5) is 5.82 Å². The van der Waals surface area contributed by atoms with Crippen molar-refractivity contribution in [2.24, 2.45) is 0 Å². The number of aromatic nitrogens is 3. The maximum atomic E-state index is 5.45. The third-order valence-corrected chi connectivity index (χ3v) is 6.98. The zero-order valence-electron chi connectivity index (χ0n) is 15.9. The van der Waals surface area contributed by atoms with E-state index in [1.54, 1.807) is 17.7 Å². The Morgan fingerprint density at radius 1 is 1.19 bits per heavy atom. The van der Waals surface area contributed by atoms with E-state index in [-0.39, 0.29) is 0 Å². The van der Waals surface area contributed by atoms with E-state index in [1.807, 2.05) is 0 Å². The highest BCUT2D eigenvalue weighted by Gasteiger charge is 2.28. The average Bonchev–Trinajstić information content (AvgIpc) is 3.36. The van der Waals surface area contributed by atoms with Crippen LogP contribution < -0.4 is 10.2 Å². The predicted octanol–water partition coefficient (Wildman–Crippen LogP) is 3.93. The molecule has 0 radical (unpaired) electrons. The minimum atomic E-state index is 0.518. The molecule has 0 amide bonds. The molecule has 142 valence electrons. The van der Waals surface area contributed by atoms with E-state index in [1.165, 1.54) is 28.7 Å². The Hall–Kier alpha value is -1.99. The first-order chi connectivity index (χ1) is 13.2. The summed E-state index contributed by atoms with van der Waals surface area (Å²) in [4.78, 5) is 14.0. The molecule has 3 aromatic heterocycles. The molecule has 1 N–H and O–H groups in total. The zero-order valence-corrected chi connectivity index (χ0v) is 16.7. The number of nitrogens with one attached hydrogen (secondary N) is 1. The zero-order chi connectivity index (χ0) is 18.4. The van der Waals surface area contributed by atoms with Gasteiger partial charge in [0.1, 0.15) is 22.7 Å². The van der Waals surface area contributed by atoms with Gasteiger partial charge in [0, 0.05) is 42.5 Å². The maximum absolute atomic E-state index is 5.45. The molecule has 1 aliphatic heterocycles. The Morgan fingerprint density at radius 3 is 2.78 bits per heavy atom. The van der Waals surface area contributed by atoms with Crippen LogP contribution in [0.1, 0.15) is 53.5 Å². The van der Waals surface area contributed by atoms with E-state index in [0.717, 1.165) is 54.6 Å². The van der Waals surface area contributed by atoms with Crippen molar-refractivity contribution in [3.05, 3.63) is 34.3 Å². The highest BCUT2D eigenvalue weighted by molar-refractivity contribution is 7.18. The minimum Gasteiger partial charge on any atom is -0.361 e. The molecule has 2 aliphatic rings. The quantitative estimate of drug-likeness (QED) is 0.720. The molecule has 0 atom stereocenters. The Kier molecular flexibility index (Phi) is 4.36. The van der Waals surface area contributed by atoms with Crippen LogP contribution in [-0.4, -0.2) is 34.3 Å². The number of aryl methyl sites for hydroxylation is 2. The summed E-state index contributed by atoms with van der Waals surface area (Å²) in [6.07, 6.45) is 6.43. The molecule has 1 saturated carbocycles. The van der Waals surface area contributed by atoms with Crippen molar-refractivity contribution in [1.82, 2.24) is 20.4 Å². The van der Waals surface area contributed by atoms with Gasteiger partial charge in [0.15, 0.2) is 0 Å². The fourth-order valence-corrected chi connectivity index (χ4v) is 4.91. The molecular weight excluding hydrogens is 358 g/mol. The summed E-state index contributed by atoms with van der Waals surface area (Å²) in [6.45, 7) is 7.18. The van der Waals surface area contributed by atoms with Gasteiger partial charge in [-0.15, -0.1) is 11.3 Å². The lowest BCUT2D eigenvalue weighted by atomic mass is 10.0. The Labute approximate surface area is 163 Å². The highest BCUT2D eigenvalue weighted by atomic mass is 32.1. The molecule has 2 fully saturated rings. The van der Waals surface area contributed by atoms with Crippen molar-refractivity contribution < 1.29 is 4.52 Å². The van der Waals surface area contributed by atoms with Crippen LogP contribution >= 0.6 is 11.3 Å². The lowest BCUT2D eigenvalue weighted by Gasteiger charge is -2.33. The summed E-state index contributed by atoms with van der Waals surface area (Å²) < 4.78 is 5.45. The van der Waals surface area contributed by atoms with E-state index in [2.05, 4.69) is 45.3 Å².